The molecule has 0 radical (unpaired) electrons. The molecule has 2 atom stereocenters. The number of nitrogens with zero attached hydrogens (tertiary/aromatic N) is 1. The largest absolute Gasteiger partial charge is 0.444 e. The fourth-order valence-corrected chi connectivity index (χ4v) is 2.72. The van der Waals surface area contributed by atoms with Crippen LogP contribution in [0.2, 0.25) is 0 Å². The zero-order chi connectivity index (χ0) is 14.8. The van der Waals surface area contributed by atoms with Crippen LogP contribution in [-0.2, 0) is 19.0 Å². The molecule has 0 aliphatic carbocycles. The number of hydrogen-bond donors (Lipinski definition) is 0. The topological polar surface area (TPSA) is 72.9 Å². The Morgan fingerprint density at radius 3 is 2.32 bits per heavy atom. The highest BCUT2D eigenvalue weighted by atomic mass is 32.2. The first-order valence-electron chi connectivity index (χ1n) is 6.36. The molecule has 112 valence electrons. The van der Waals surface area contributed by atoms with E-state index in [1.165, 1.54) is 0 Å². The van der Waals surface area contributed by atoms with Crippen LogP contribution in [0.25, 0.3) is 0 Å². The lowest BCUT2D eigenvalue weighted by Gasteiger charge is -2.37. The fraction of sp³-hybridized carbons (Fsp3) is 0.917. The van der Waals surface area contributed by atoms with Crippen molar-refractivity contribution in [2.24, 2.45) is 0 Å². The number of piperidine rings is 1. The molecule has 1 fully saturated rings. The Hall–Kier alpha value is -0.820. The fourth-order valence-electron chi connectivity index (χ4n) is 2.06. The number of amides is 1. The van der Waals surface area contributed by atoms with Crippen molar-refractivity contribution >= 4 is 16.2 Å². The molecule has 1 aliphatic heterocycles. The Morgan fingerprint density at radius 2 is 1.89 bits per heavy atom. The van der Waals surface area contributed by atoms with E-state index in [9.17, 15) is 13.2 Å². The summed E-state index contributed by atoms with van der Waals surface area (Å²) < 4.78 is 32.4. The third kappa shape index (κ3) is 5.78. The van der Waals surface area contributed by atoms with Crippen molar-refractivity contribution in [1.82, 2.24) is 4.90 Å². The number of carbonyl (C=O) groups is 1. The molecule has 1 amide bonds. The third-order valence-corrected chi connectivity index (χ3v) is 3.39. The van der Waals surface area contributed by atoms with E-state index in [1.807, 2.05) is 27.7 Å². The Morgan fingerprint density at radius 1 is 1.32 bits per heavy atom. The Labute approximate surface area is 115 Å². The zero-order valence-corrected chi connectivity index (χ0v) is 13.0. The molecule has 6 nitrogen and oxygen atoms in total. The van der Waals surface area contributed by atoms with Crippen molar-refractivity contribution in [3.63, 3.8) is 0 Å². The summed E-state index contributed by atoms with van der Waals surface area (Å²) in [7, 11) is -3.45. The number of rotatable bonds is 2. The maximum atomic E-state index is 12.0. The maximum absolute atomic E-state index is 12.0. The highest BCUT2D eigenvalue weighted by Gasteiger charge is 2.33. The quantitative estimate of drug-likeness (QED) is 0.725. The second-order valence-electron chi connectivity index (χ2n) is 5.97. The van der Waals surface area contributed by atoms with Crippen LogP contribution in [0.3, 0.4) is 0 Å². The normalized spacial score (nSPS) is 25.2. The molecule has 0 N–H and O–H groups in total. The molecule has 0 bridgehead atoms. The minimum absolute atomic E-state index is 0.102. The van der Waals surface area contributed by atoms with Gasteiger partial charge in [-0.2, -0.15) is 8.42 Å². The van der Waals surface area contributed by atoms with E-state index in [-0.39, 0.29) is 18.2 Å². The molecular formula is C12H23NO5S. The molecule has 0 aromatic rings. The lowest BCUT2D eigenvalue weighted by molar-refractivity contribution is -0.0000352. The van der Waals surface area contributed by atoms with Gasteiger partial charge in [-0.1, -0.05) is 0 Å². The molecular weight excluding hydrogens is 270 g/mol. The molecule has 1 rings (SSSR count). The molecule has 0 aromatic heterocycles. The summed E-state index contributed by atoms with van der Waals surface area (Å²) in [4.78, 5) is 13.6. The molecule has 0 unspecified atom stereocenters. The van der Waals surface area contributed by atoms with Crippen LogP contribution in [0.5, 0.6) is 0 Å². The van der Waals surface area contributed by atoms with Crippen molar-refractivity contribution < 1.29 is 22.1 Å². The summed E-state index contributed by atoms with van der Waals surface area (Å²) in [6.45, 7) is 7.75. The highest BCUT2D eigenvalue weighted by Crippen LogP contribution is 2.23. The summed E-state index contributed by atoms with van der Waals surface area (Å²) in [5, 5.41) is 0. The molecule has 19 heavy (non-hydrogen) atoms. The lowest BCUT2D eigenvalue weighted by atomic mass is 10.0. The second kappa shape index (κ2) is 5.66. The maximum Gasteiger partial charge on any atom is 0.410 e. The van der Waals surface area contributed by atoms with E-state index >= 15 is 0 Å². The summed E-state index contributed by atoms with van der Waals surface area (Å²) in [6, 6.07) is -0.102. The van der Waals surface area contributed by atoms with Gasteiger partial charge in [0.1, 0.15) is 5.60 Å². The van der Waals surface area contributed by atoms with E-state index in [2.05, 4.69) is 0 Å². The van der Waals surface area contributed by atoms with Crippen LogP contribution in [0, 0.1) is 0 Å². The van der Waals surface area contributed by atoms with Gasteiger partial charge < -0.3 is 9.64 Å². The van der Waals surface area contributed by atoms with Crippen LogP contribution < -0.4 is 0 Å². The van der Waals surface area contributed by atoms with Gasteiger partial charge in [0, 0.05) is 12.6 Å². The summed E-state index contributed by atoms with van der Waals surface area (Å²) in [6.07, 6.45) is 1.31. The van der Waals surface area contributed by atoms with E-state index in [4.69, 9.17) is 8.92 Å². The molecule has 7 heteroatoms. The summed E-state index contributed by atoms with van der Waals surface area (Å²) in [5.74, 6) is 0. The predicted octanol–water partition coefficient (Wildman–Crippen LogP) is 1.75. The van der Waals surface area contributed by atoms with Crippen molar-refractivity contribution in [3.8, 4) is 0 Å². The molecule has 1 aliphatic rings. The van der Waals surface area contributed by atoms with E-state index in [0.717, 1.165) is 6.26 Å². The van der Waals surface area contributed by atoms with Gasteiger partial charge in [0.25, 0.3) is 10.1 Å². The smallest absolute Gasteiger partial charge is 0.410 e. The summed E-state index contributed by atoms with van der Waals surface area (Å²) in [5.41, 5.74) is -0.531. The van der Waals surface area contributed by atoms with Crippen molar-refractivity contribution in [3.05, 3.63) is 0 Å². The standard InChI is InChI=1S/C12H23NO5S/c1-9-8-10(18-19(5,15)16)6-7-13(9)11(14)17-12(2,3)4/h9-10H,6-8H2,1-5H3/t9-,10+/m1/s1. The molecule has 0 spiro atoms. The first kappa shape index (κ1) is 16.2. The SMILES string of the molecule is C[C@@H]1C[C@@H](OS(C)(=O)=O)CCN1C(=O)OC(C)(C)C. The Balaban J connectivity index is 2.57. The van der Waals surface area contributed by atoms with Gasteiger partial charge >= 0.3 is 6.09 Å². The molecule has 0 aromatic carbocycles. The monoisotopic (exact) mass is 293 g/mol. The highest BCUT2D eigenvalue weighted by molar-refractivity contribution is 7.86. The van der Waals surface area contributed by atoms with Crippen LogP contribution in [0.1, 0.15) is 40.5 Å². The van der Waals surface area contributed by atoms with Gasteiger partial charge in [-0.3, -0.25) is 4.18 Å². The predicted molar refractivity (Wildman–Crippen MR) is 71.4 cm³/mol. The van der Waals surface area contributed by atoms with Gasteiger partial charge in [-0.25, -0.2) is 4.79 Å². The lowest BCUT2D eigenvalue weighted by Crippen LogP contribution is -2.48. The van der Waals surface area contributed by atoms with Crippen molar-refractivity contribution in [2.75, 3.05) is 12.8 Å². The first-order chi connectivity index (χ1) is 8.48. The zero-order valence-electron chi connectivity index (χ0n) is 12.2. The van der Waals surface area contributed by atoms with Gasteiger partial charge in [0.05, 0.1) is 12.4 Å². The first-order valence-corrected chi connectivity index (χ1v) is 8.17. The van der Waals surface area contributed by atoms with E-state index in [0.29, 0.717) is 19.4 Å². The molecule has 0 saturated carbocycles. The second-order valence-corrected chi connectivity index (χ2v) is 7.57. The number of ether oxygens (including phenoxy) is 1. The van der Waals surface area contributed by atoms with Gasteiger partial charge in [-0.15, -0.1) is 0 Å². The number of hydrogen-bond acceptors (Lipinski definition) is 5. The van der Waals surface area contributed by atoms with Crippen molar-refractivity contribution in [2.45, 2.75) is 58.3 Å². The molecule has 1 saturated heterocycles. The average molecular weight is 293 g/mol. The third-order valence-electron chi connectivity index (χ3n) is 2.77. The number of likely N-dealkylation sites (tertiary alicyclic amines) is 1. The summed E-state index contributed by atoms with van der Waals surface area (Å²) >= 11 is 0. The van der Waals surface area contributed by atoms with E-state index in [1.54, 1.807) is 4.90 Å². The van der Waals surface area contributed by atoms with Crippen LogP contribution >= 0.6 is 0 Å². The Kier molecular flexibility index (Phi) is 4.84. The van der Waals surface area contributed by atoms with Gasteiger partial charge in [0.15, 0.2) is 0 Å². The molecule has 1 heterocycles. The van der Waals surface area contributed by atoms with Gasteiger partial charge in [0.2, 0.25) is 0 Å². The van der Waals surface area contributed by atoms with E-state index < -0.39 is 15.7 Å². The average Bonchev–Trinajstić information content (AvgIpc) is 2.11. The van der Waals surface area contributed by atoms with Crippen molar-refractivity contribution in [1.29, 1.82) is 0 Å². The van der Waals surface area contributed by atoms with Crippen LogP contribution in [0.4, 0.5) is 4.79 Å². The van der Waals surface area contributed by atoms with Crippen LogP contribution in [-0.4, -0.2) is 50.0 Å². The number of carbonyl (C=O) groups excluding carboxylic acids is 1. The Bertz CT molecular complexity index is 426. The minimum Gasteiger partial charge on any atom is -0.444 e. The van der Waals surface area contributed by atoms with Crippen LogP contribution in [0.15, 0.2) is 0 Å². The minimum atomic E-state index is -3.45. The van der Waals surface area contributed by atoms with Gasteiger partial charge in [-0.05, 0) is 40.5 Å².